The highest BCUT2D eigenvalue weighted by molar-refractivity contribution is 5.36. The van der Waals surface area contributed by atoms with Crippen LogP contribution < -0.4 is 10.1 Å². The monoisotopic (exact) mass is 295 g/mol. The molecule has 0 bridgehead atoms. The van der Waals surface area contributed by atoms with Crippen molar-refractivity contribution >= 4 is 0 Å². The number of hydrogen-bond donors (Lipinski definition) is 1. The third kappa shape index (κ3) is 3.89. The highest BCUT2D eigenvalue weighted by Gasteiger charge is 2.15. The van der Waals surface area contributed by atoms with Crippen LogP contribution in [0.2, 0.25) is 0 Å². The van der Waals surface area contributed by atoms with E-state index < -0.39 is 0 Å². The predicted octanol–water partition coefficient (Wildman–Crippen LogP) is 4.12. The minimum Gasteiger partial charge on any atom is -0.497 e. The van der Waals surface area contributed by atoms with E-state index in [0.717, 1.165) is 18.7 Å². The van der Waals surface area contributed by atoms with E-state index in [9.17, 15) is 0 Å². The maximum atomic E-state index is 5.40. The lowest BCUT2D eigenvalue weighted by Gasteiger charge is -2.23. The Kier molecular flexibility index (Phi) is 5.12. The molecular formula is C20H25NO. The summed E-state index contributed by atoms with van der Waals surface area (Å²) in [6.07, 6.45) is 6.13. The largest absolute Gasteiger partial charge is 0.497 e. The molecule has 0 aromatic heterocycles. The number of benzene rings is 2. The average Bonchev–Trinajstić information content (AvgIpc) is 2.55. The molecule has 22 heavy (non-hydrogen) atoms. The first kappa shape index (κ1) is 15.1. The zero-order valence-electron chi connectivity index (χ0n) is 13.3. The van der Waals surface area contributed by atoms with Gasteiger partial charge in [-0.15, -0.1) is 0 Å². The van der Waals surface area contributed by atoms with Gasteiger partial charge in [-0.2, -0.15) is 0 Å². The van der Waals surface area contributed by atoms with Crippen LogP contribution in [0.1, 0.15) is 36.0 Å². The highest BCUT2D eigenvalue weighted by Crippen LogP contribution is 2.24. The van der Waals surface area contributed by atoms with E-state index in [4.69, 9.17) is 4.74 Å². The number of aryl methyl sites for hydroxylation is 1. The summed E-state index contributed by atoms with van der Waals surface area (Å²) in [7, 11) is 1.75. The lowest BCUT2D eigenvalue weighted by Crippen LogP contribution is -2.31. The van der Waals surface area contributed by atoms with Gasteiger partial charge >= 0.3 is 0 Å². The van der Waals surface area contributed by atoms with Crippen molar-refractivity contribution < 1.29 is 4.74 Å². The van der Waals surface area contributed by atoms with E-state index in [0.29, 0.717) is 6.04 Å². The zero-order valence-corrected chi connectivity index (χ0v) is 13.3. The molecule has 2 heteroatoms. The molecule has 0 spiro atoms. The Morgan fingerprint density at radius 1 is 1.05 bits per heavy atom. The fourth-order valence-corrected chi connectivity index (χ4v) is 3.27. The minimum absolute atomic E-state index is 0.548. The van der Waals surface area contributed by atoms with Gasteiger partial charge in [0, 0.05) is 12.6 Å². The third-order valence-electron chi connectivity index (χ3n) is 4.57. The molecule has 2 aromatic rings. The van der Waals surface area contributed by atoms with Crippen molar-refractivity contribution in [2.24, 2.45) is 0 Å². The molecule has 2 aromatic carbocycles. The van der Waals surface area contributed by atoms with Crippen molar-refractivity contribution in [3.8, 4) is 5.75 Å². The van der Waals surface area contributed by atoms with Crippen molar-refractivity contribution in [2.45, 2.75) is 44.7 Å². The number of fused-ring (bicyclic) bond motifs is 1. The van der Waals surface area contributed by atoms with Crippen molar-refractivity contribution in [3.63, 3.8) is 0 Å². The maximum Gasteiger partial charge on any atom is 0.119 e. The van der Waals surface area contributed by atoms with Crippen LogP contribution >= 0.6 is 0 Å². The number of hydrogen-bond acceptors (Lipinski definition) is 2. The summed E-state index contributed by atoms with van der Waals surface area (Å²) in [5, 5.41) is 3.74. The normalized spacial score (nSPS) is 18.1. The van der Waals surface area contributed by atoms with Crippen LogP contribution in [-0.2, 0) is 19.4 Å². The molecule has 1 unspecified atom stereocenters. The van der Waals surface area contributed by atoms with Crippen LogP contribution in [0, 0.1) is 0 Å². The molecule has 1 aliphatic carbocycles. The second kappa shape index (κ2) is 7.46. The summed E-state index contributed by atoms with van der Waals surface area (Å²) in [5.74, 6) is 0.973. The number of methoxy groups -OCH3 is 1. The van der Waals surface area contributed by atoms with E-state index in [1.165, 1.54) is 42.4 Å². The van der Waals surface area contributed by atoms with E-state index >= 15 is 0 Å². The summed E-state index contributed by atoms with van der Waals surface area (Å²) in [6, 6.07) is 17.8. The molecule has 116 valence electrons. The lowest BCUT2D eigenvalue weighted by atomic mass is 9.90. The van der Waals surface area contributed by atoms with Gasteiger partial charge in [-0.25, -0.2) is 0 Å². The summed E-state index contributed by atoms with van der Waals surface area (Å²) in [6.45, 7) is 0.949. The molecule has 2 nitrogen and oxygen atoms in total. The molecule has 0 saturated carbocycles. The van der Waals surface area contributed by atoms with Gasteiger partial charge in [0.2, 0.25) is 0 Å². The number of rotatable bonds is 4. The van der Waals surface area contributed by atoms with Gasteiger partial charge < -0.3 is 10.1 Å². The van der Waals surface area contributed by atoms with Gasteiger partial charge in [-0.1, -0.05) is 42.8 Å². The first-order valence-electron chi connectivity index (χ1n) is 8.28. The molecule has 0 saturated heterocycles. The minimum atomic E-state index is 0.548. The fraction of sp³-hybridized carbons (Fsp3) is 0.400. The van der Waals surface area contributed by atoms with Gasteiger partial charge in [0.1, 0.15) is 5.75 Å². The second-order valence-electron chi connectivity index (χ2n) is 6.15. The van der Waals surface area contributed by atoms with E-state index in [-0.39, 0.29) is 0 Å². The molecule has 0 amide bonds. The molecular weight excluding hydrogens is 270 g/mol. The first-order valence-corrected chi connectivity index (χ1v) is 8.28. The molecule has 0 fully saturated rings. The standard InChI is InChI=1S/C20H25NO/c1-22-20-12-11-17-9-5-6-10-19(13-18(17)14-20)21-15-16-7-3-2-4-8-16/h2-4,7-8,11-12,14,19,21H,5-6,9-10,13,15H2,1H3. The van der Waals surface area contributed by atoms with Crippen molar-refractivity contribution in [2.75, 3.05) is 7.11 Å². The Labute approximate surface area is 133 Å². The third-order valence-corrected chi connectivity index (χ3v) is 4.57. The molecule has 0 aliphatic heterocycles. The van der Waals surface area contributed by atoms with Crippen LogP contribution in [0.3, 0.4) is 0 Å². The first-order chi connectivity index (χ1) is 10.8. The van der Waals surface area contributed by atoms with Crippen LogP contribution in [0.5, 0.6) is 5.75 Å². The van der Waals surface area contributed by atoms with E-state index in [1.807, 2.05) is 0 Å². The van der Waals surface area contributed by atoms with Crippen LogP contribution in [0.15, 0.2) is 48.5 Å². The van der Waals surface area contributed by atoms with Crippen molar-refractivity contribution in [1.29, 1.82) is 0 Å². The van der Waals surface area contributed by atoms with E-state index in [1.54, 1.807) is 7.11 Å². The van der Waals surface area contributed by atoms with Crippen LogP contribution in [-0.4, -0.2) is 13.2 Å². The van der Waals surface area contributed by atoms with Gasteiger partial charge in [-0.3, -0.25) is 0 Å². The molecule has 1 N–H and O–H groups in total. The average molecular weight is 295 g/mol. The molecule has 0 heterocycles. The summed E-state index contributed by atoms with van der Waals surface area (Å²) < 4.78 is 5.40. The van der Waals surface area contributed by atoms with Gasteiger partial charge in [-0.05, 0) is 54.5 Å². The van der Waals surface area contributed by atoms with Crippen LogP contribution in [0.4, 0.5) is 0 Å². The van der Waals surface area contributed by atoms with E-state index in [2.05, 4.69) is 53.8 Å². The molecule has 1 atom stereocenters. The zero-order chi connectivity index (χ0) is 15.2. The Balaban J connectivity index is 1.69. The lowest BCUT2D eigenvalue weighted by molar-refractivity contribution is 0.411. The molecule has 3 rings (SSSR count). The van der Waals surface area contributed by atoms with Crippen molar-refractivity contribution in [3.05, 3.63) is 65.2 Å². The van der Waals surface area contributed by atoms with Gasteiger partial charge in [0.25, 0.3) is 0 Å². The fourth-order valence-electron chi connectivity index (χ4n) is 3.27. The summed E-state index contributed by atoms with van der Waals surface area (Å²) in [5.41, 5.74) is 4.30. The smallest absolute Gasteiger partial charge is 0.119 e. The van der Waals surface area contributed by atoms with Crippen LogP contribution in [0.25, 0.3) is 0 Å². The van der Waals surface area contributed by atoms with Crippen molar-refractivity contribution in [1.82, 2.24) is 5.32 Å². The van der Waals surface area contributed by atoms with Gasteiger partial charge in [0.05, 0.1) is 7.11 Å². The van der Waals surface area contributed by atoms with Gasteiger partial charge in [0.15, 0.2) is 0 Å². The topological polar surface area (TPSA) is 21.3 Å². The molecule has 1 aliphatic rings. The Bertz CT molecular complexity index is 594. The highest BCUT2D eigenvalue weighted by atomic mass is 16.5. The SMILES string of the molecule is COc1ccc2c(c1)CC(NCc1ccccc1)CCCC2. The Morgan fingerprint density at radius 2 is 1.91 bits per heavy atom. The predicted molar refractivity (Wildman–Crippen MR) is 91.3 cm³/mol. The molecule has 0 radical (unpaired) electrons. The Morgan fingerprint density at radius 3 is 2.73 bits per heavy atom. The maximum absolute atomic E-state index is 5.40. The quantitative estimate of drug-likeness (QED) is 0.916. The number of nitrogens with one attached hydrogen (secondary N) is 1. The summed E-state index contributed by atoms with van der Waals surface area (Å²) >= 11 is 0. The number of ether oxygens (including phenoxy) is 1. The summed E-state index contributed by atoms with van der Waals surface area (Å²) in [4.78, 5) is 0. The second-order valence-corrected chi connectivity index (χ2v) is 6.15. The Hall–Kier alpha value is -1.80.